The van der Waals surface area contributed by atoms with Crippen molar-refractivity contribution < 1.29 is 4.74 Å². The molecule has 0 aliphatic rings. The van der Waals surface area contributed by atoms with Crippen molar-refractivity contribution in [3.05, 3.63) is 50.1 Å². The third-order valence-corrected chi connectivity index (χ3v) is 3.75. The molecule has 1 aromatic heterocycles. The summed E-state index contributed by atoms with van der Waals surface area (Å²) in [7, 11) is 1.61. The number of methoxy groups -OCH3 is 1. The molecule has 0 atom stereocenters. The van der Waals surface area contributed by atoms with Gasteiger partial charge in [-0.2, -0.15) is 0 Å². The van der Waals surface area contributed by atoms with Gasteiger partial charge in [-0.3, -0.25) is 0 Å². The average molecular weight is 419 g/mol. The van der Waals surface area contributed by atoms with Crippen LogP contribution < -0.4 is 10.1 Å². The highest BCUT2D eigenvalue weighted by Crippen LogP contribution is 2.24. The Kier molecular flexibility index (Phi) is 4.82. The Labute approximate surface area is 128 Å². The number of hydrogen-bond acceptors (Lipinski definition) is 3. The number of halogens is 2. The van der Waals surface area contributed by atoms with Crippen molar-refractivity contribution in [3.8, 4) is 5.88 Å². The minimum Gasteiger partial charge on any atom is -0.481 e. The maximum absolute atomic E-state index is 5.02. The molecular weight excluding hydrogens is 407 g/mol. The summed E-state index contributed by atoms with van der Waals surface area (Å²) < 4.78 is 7.29. The van der Waals surface area contributed by atoms with Crippen molar-refractivity contribution >= 4 is 44.2 Å². The van der Waals surface area contributed by atoms with E-state index in [1.165, 1.54) is 3.57 Å². The minimum atomic E-state index is 0.634. The van der Waals surface area contributed by atoms with Gasteiger partial charge in [-0.15, -0.1) is 0 Å². The van der Waals surface area contributed by atoms with Gasteiger partial charge in [-0.05, 0) is 62.3 Å². The lowest BCUT2D eigenvalue weighted by molar-refractivity contribution is 0.397. The Hall–Kier alpha value is -0.820. The number of ether oxygens (including phenoxy) is 1. The Bertz CT molecular complexity index is 531. The SMILES string of the molecule is COc1ccc(CNc2ccc(I)cc2Br)cn1. The fourth-order valence-corrected chi connectivity index (χ4v) is 2.90. The Morgan fingerprint density at radius 3 is 2.78 bits per heavy atom. The zero-order valence-corrected chi connectivity index (χ0v) is 13.5. The van der Waals surface area contributed by atoms with E-state index in [0.717, 1.165) is 22.3 Å². The highest BCUT2D eigenvalue weighted by molar-refractivity contribution is 14.1. The Morgan fingerprint density at radius 1 is 1.33 bits per heavy atom. The van der Waals surface area contributed by atoms with Crippen molar-refractivity contribution in [2.45, 2.75) is 6.54 Å². The second-order valence-corrected chi connectivity index (χ2v) is 5.79. The van der Waals surface area contributed by atoms with Crippen LogP contribution in [0.2, 0.25) is 0 Å². The van der Waals surface area contributed by atoms with E-state index >= 15 is 0 Å². The van der Waals surface area contributed by atoms with Crippen LogP contribution in [-0.4, -0.2) is 12.1 Å². The molecule has 1 heterocycles. The maximum atomic E-state index is 5.02. The normalized spacial score (nSPS) is 10.2. The predicted molar refractivity (Wildman–Crippen MR) is 85.0 cm³/mol. The molecule has 0 amide bonds. The van der Waals surface area contributed by atoms with Gasteiger partial charge in [-0.25, -0.2) is 4.98 Å². The lowest BCUT2D eigenvalue weighted by atomic mass is 10.2. The molecule has 1 aromatic carbocycles. The van der Waals surface area contributed by atoms with E-state index in [9.17, 15) is 0 Å². The van der Waals surface area contributed by atoms with E-state index in [1.54, 1.807) is 7.11 Å². The van der Waals surface area contributed by atoms with Gasteiger partial charge in [0.25, 0.3) is 0 Å². The fraction of sp³-hybridized carbons (Fsp3) is 0.154. The summed E-state index contributed by atoms with van der Waals surface area (Å²) in [6, 6.07) is 10.1. The third-order valence-electron chi connectivity index (χ3n) is 2.42. The number of benzene rings is 1. The fourth-order valence-electron chi connectivity index (χ4n) is 1.47. The van der Waals surface area contributed by atoms with Gasteiger partial charge in [0, 0.05) is 32.5 Å². The topological polar surface area (TPSA) is 34.1 Å². The summed E-state index contributed by atoms with van der Waals surface area (Å²) >= 11 is 5.83. The molecule has 18 heavy (non-hydrogen) atoms. The lowest BCUT2D eigenvalue weighted by Crippen LogP contribution is -2.01. The lowest BCUT2D eigenvalue weighted by Gasteiger charge is -2.09. The zero-order chi connectivity index (χ0) is 13.0. The van der Waals surface area contributed by atoms with Crippen LogP contribution in [0.25, 0.3) is 0 Å². The number of pyridine rings is 1. The van der Waals surface area contributed by atoms with E-state index in [1.807, 2.05) is 18.3 Å². The quantitative estimate of drug-likeness (QED) is 0.760. The number of hydrogen-bond donors (Lipinski definition) is 1. The van der Waals surface area contributed by atoms with Crippen LogP contribution in [0.1, 0.15) is 5.56 Å². The molecule has 2 aromatic rings. The molecule has 0 saturated carbocycles. The maximum Gasteiger partial charge on any atom is 0.212 e. The Morgan fingerprint density at radius 2 is 2.17 bits per heavy atom. The molecule has 0 saturated heterocycles. The third kappa shape index (κ3) is 3.58. The molecule has 94 valence electrons. The van der Waals surface area contributed by atoms with Gasteiger partial charge in [0.1, 0.15) is 0 Å². The van der Waals surface area contributed by atoms with Crippen molar-refractivity contribution in [2.75, 3.05) is 12.4 Å². The van der Waals surface area contributed by atoms with E-state index < -0.39 is 0 Å². The van der Waals surface area contributed by atoms with Crippen molar-refractivity contribution in [1.29, 1.82) is 0 Å². The molecular formula is C13H12BrIN2O. The minimum absolute atomic E-state index is 0.634. The molecule has 0 bridgehead atoms. The first-order chi connectivity index (χ1) is 8.69. The standard InChI is InChI=1S/C13H12BrIN2O/c1-18-13-5-2-9(8-17-13)7-16-12-4-3-10(15)6-11(12)14/h2-6,8,16H,7H2,1H3. The molecule has 0 radical (unpaired) electrons. The van der Waals surface area contributed by atoms with Crippen molar-refractivity contribution in [2.24, 2.45) is 0 Å². The van der Waals surface area contributed by atoms with Gasteiger partial charge in [-0.1, -0.05) is 6.07 Å². The van der Waals surface area contributed by atoms with Crippen LogP contribution >= 0.6 is 38.5 Å². The molecule has 0 fully saturated rings. The molecule has 0 unspecified atom stereocenters. The number of rotatable bonds is 4. The van der Waals surface area contributed by atoms with E-state index in [0.29, 0.717) is 5.88 Å². The smallest absolute Gasteiger partial charge is 0.212 e. The molecule has 1 N–H and O–H groups in total. The predicted octanol–water partition coefficient (Wildman–Crippen LogP) is 4.07. The number of nitrogens with zero attached hydrogens (tertiary/aromatic N) is 1. The van der Waals surface area contributed by atoms with E-state index in [4.69, 9.17) is 4.74 Å². The summed E-state index contributed by atoms with van der Waals surface area (Å²) in [5, 5.41) is 3.36. The van der Waals surface area contributed by atoms with E-state index in [-0.39, 0.29) is 0 Å². The summed E-state index contributed by atoms with van der Waals surface area (Å²) in [5.41, 5.74) is 2.19. The summed E-state index contributed by atoms with van der Waals surface area (Å²) in [4.78, 5) is 4.17. The van der Waals surface area contributed by atoms with Gasteiger partial charge >= 0.3 is 0 Å². The van der Waals surface area contributed by atoms with Crippen molar-refractivity contribution in [3.63, 3.8) is 0 Å². The van der Waals surface area contributed by atoms with Gasteiger partial charge < -0.3 is 10.1 Å². The molecule has 0 aliphatic carbocycles. The summed E-state index contributed by atoms with van der Waals surface area (Å²) in [6.45, 7) is 0.732. The summed E-state index contributed by atoms with van der Waals surface area (Å²) in [5.74, 6) is 0.634. The van der Waals surface area contributed by atoms with Gasteiger partial charge in [0.2, 0.25) is 5.88 Å². The first-order valence-corrected chi connectivity index (χ1v) is 7.24. The number of anilines is 1. The second kappa shape index (κ2) is 6.38. The molecule has 0 spiro atoms. The van der Waals surface area contributed by atoms with Crippen LogP contribution in [0.4, 0.5) is 5.69 Å². The van der Waals surface area contributed by atoms with Crippen LogP contribution in [-0.2, 0) is 6.54 Å². The summed E-state index contributed by atoms with van der Waals surface area (Å²) in [6.07, 6.45) is 1.81. The van der Waals surface area contributed by atoms with Crippen LogP contribution in [0.3, 0.4) is 0 Å². The second-order valence-electron chi connectivity index (χ2n) is 3.69. The van der Waals surface area contributed by atoms with Gasteiger partial charge in [0.15, 0.2) is 0 Å². The molecule has 0 aliphatic heterocycles. The van der Waals surface area contributed by atoms with Crippen LogP contribution in [0.5, 0.6) is 5.88 Å². The van der Waals surface area contributed by atoms with Crippen LogP contribution in [0.15, 0.2) is 41.0 Å². The number of aromatic nitrogens is 1. The monoisotopic (exact) mass is 418 g/mol. The van der Waals surface area contributed by atoms with E-state index in [2.05, 4.69) is 67.0 Å². The zero-order valence-electron chi connectivity index (χ0n) is 9.78. The number of nitrogens with one attached hydrogen (secondary N) is 1. The molecule has 3 nitrogen and oxygen atoms in total. The average Bonchev–Trinajstić information content (AvgIpc) is 2.38. The first kappa shape index (κ1) is 13.6. The van der Waals surface area contributed by atoms with Crippen molar-refractivity contribution in [1.82, 2.24) is 4.98 Å². The van der Waals surface area contributed by atoms with Crippen LogP contribution in [0, 0.1) is 3.57 Å². The Balaban J connectivity index is 2.02. The molecule has 2 rings (SSSR count). The first-order valence-electron chi connectivity index (χ1n) is 5.37. The highest BCUT2D eigenvalue weighted by Gasteiger charge is 2.01. The largest absolute Gasteiger partial charge is 0.481 e. The highest BCUT2D eigenvalue weighted by atomic mass is 127. The molecule has 5 heteroatoms. The van der Waals surface area contributed by atoms with Gasteiger partial charge in [0.05, 0.1) is 7.11 Å².